The molecule has 0 N–H and O–H groups in total. The first-order valence-electron chi connectivity index (χ1n) is 9.65. The number of piperazine rings is 1. The predicted octanol–water partition coefficient (Wildman–Crippen LogP) is 4.68. The number of hydrogen-bond acceptors (Lipinski definition) is 6. The molecule has 0 unspecified atom stereocenters. The summed E-state index contributed by atoms with van der Waals surface area (Å²) in [6, 6.07) is 15.5. The molecule has 0 spiro atoms. The van der Waals surface area contributed by atoms with Gasteiger partial charge in [0, 0.05) is 49.7 Å². The van der Waals surface area contributed by atoms with Crippen LogP contribution in [0.2, 0.25) is 0 Å². The van der Waals surface area contributed by atoms with E-state index in [1.54, 1.807) is 35.7 Å². The maximum absolute atomic E-state index is 11.3. The van der Waals surface area contributed by atoms with Gasteiger partial charge in [-0.2, -0.15) is 0 Å². The monoisotopic (exact) mass is 404 g/mol. The summed E-state index contributed by atoms with van der Waals surface area (Å²) in [4.78, 5) is 20.2. The molecule has 5 rings (SSSR count). The Morgan fingerprint density at radius 2 is 1.79 bits per heavy atom. The number of pyridine rings is 1. The van der Waals surface area contributed by atoms with Crippen molar-refractivity contribution in [1.82, 2.24) is 9.88 Å². The molecule has 29 heavy (non-hydrogen) atoms. The van der Waals surface area contributed by atoms with Crippen LogP contribution in [0.4, 0.5) is 11.4 Å². The fourth-order valence-corrected chi connectivity index (χ4v) is 5.05. The van der Waals surface area contributed by atoms with Crippen LogP contribution in [0.1, 0.15) is 5.56 Å². The van der Waals surface area contributed by atoms with Crippen molar-refractivity contribution in [3.05, 3.63) is 75.8 Å². The van der Waals surface area contributed by atoms with Gasteiger partial charge in [0.25, 0.3) is 5.69 Å². The Morgan fingerprint density at radius 1 is 1.00 bits per heavy atom. The van der Waals surface area contributed by atoms with Crippen LogP contribution < -0.4 is 4.90 Å². The highest BCUT2D eigenvalue weighted by molar-refractivity contribution is 7.17. The van der Waals surface area contributed by atoms with E-state index < -0.39 is 0 Å². The van der Waals surface area contributed by atoms with Gasteiger partial charge in [-0.1, -0.05) is 18.2 Å². The summed E-state index contributed by atoms with van der Waals surface area (Å²) in [7, 11) is 0. The fraction of sp³-hybridized carbons (Fsp3) is 0.227. The number of non-ortho nitro benzene ring substituents is 1. The molecule has 0 bridgehead atoms. The topological polar surface area (TPSA) is 62.5 Å². The number of nitro groups is 1. The van der Waals surface area contributed by atoms with Gasteiger partial charge in [-0.05, 0) is 40.6 Å². The number of thiophene rings is 1. The highest BCUT2D eigenvalue weighted by Gasteiger charge is 2.22. The number of fused-ring (bicyclic) bond motifs is 2. The van der Waals surface area contributed by atoms with Crippen molar-refractivity contribution < 1.29 is 4.92 Å². The van der Waals surface area contributed by atoms with Crippen LogP contribution in [0.25, 0.3) is 21.0 Å². The summed E-state index contributed by atoms with van der Waals surface area (Å²) < 4.78 is 1.34. The lowest BCUT2D eigenvalue weighted by atomic mass is 10.1. The molecule has 2 aromatic heterocycles. The Balaban J connectivity index is 1.34. The number of rotatable bonds is 4. The zero-order valence-electron chi connectivity index (χ0n) is 15.8. The van der Waals surface area contributed by atoms with Crippen LogP contribution in [0, 0.1) is 10.1 Å². The second-order valence-electron chi connectivity index (χ2n) is 7.28. The van der Waals surface area contributed by atoms with Crippen molar-refractivity contribution in [1.29, 1.82) is 0 Å². The van der Waals surface area contributed by atoms with E-state index in [-0.39, 0.29) is 10.6 Å². The van der Waals surface area contributed by atoms with E-state index in [4.69, 9.17) is 0 Å². The fourth-order valence-electron chi connectivity index (χ4n) is 4.10. The van der Waals surface area contributed by atoms with E-state index in [0.29, 0.717) is 10.9 Å². The number of nitrogens with zero attached hydrogens (tertiary/aromatic N) is 4. The first-order chi connectivity index (χ1) is 14.2. The molecule has 1 aliphatic rings. The van der Waals surface area contributed by atoms with Crippen LogP contribution in [0.5, 0.6) is 0 Å². The zero-order chi connectivity index (χ0) is 19.8. The van der Waals surface area contributed by atoms with Gasteiger partial charge in [0.15, 0.2) is 0 Å². The van der Waals surface area contributed by atoms with E-state index in [0.717, 1.165) is 38.4 Å². The molecule has 0 aliphatic carbocycles. The molecule has 7 heteroatoms. The average Bonchev–Trinajstić information content (AvgIpc) is 3.16. The Hall–Kier alpha value is -3.03. The van der Waals surface area contributed by atoms with Gasteiger partial charge in [0.1, 0.15) is 5.52 Å². The molecule has 0 saturated carbocycles. The lowest BCUT2D eigenvalue weighted by Crippen LogP contribution is -2.46. The molecular weight excluding hydrogens is 384 g/mol. The highest BCUT2D eigenvalue weighted by Crippen LogP contribution is 2.33. The normalized spacial score (nSPS) is 15.2. The largest absolute Gasteiger partial charge is 0.367 e. The summed E-state index contributed by atoms with van der Waals surface area (Å²) in [5.74, 6) is 0. The molecule has 3 heterocycles. The van der Waals surface area contributed by atoms with Crippen LogP contribution in [0.3, 0.4) is 0 Å². The Labute approximate surface area is 172 Å². The van der Waals surface area contributed by atoms with Gasteiger partial charge in [-0.25, -0.2) is 0 Å². The minimum absolute atomic E-state index is 0.111. The predicted molar refractivity (Wildman–Crippen MR) is 118 cm³/mol. The van der Waals surface area contributed by atoms with Gasteiger partial charge in [-0.3, -0.25) is 20.0 Å². The van der Waals surface area contributed by atoms with Crippen molar-refractivity contribution in [2.45, 2.75) is 6.54 Å². The van der Waals surface area contributed by atoms with Gasteiger partial charge < -0.3 is 4.90 Å². The molecule has 4 aromatic rings. The van der Waals surface area contributed by atoms with Crippen LogP contribution in [0.15, 0.2) is 60.1 Å². The number of nitro benzene ring substituents is 1. The summed E-state index contributed by atoms with van der Waals surface area (Å²) in [6.07, 6.45) is 1.70. The quantitative estimate of drug-likeness (QED) is 0.365. The molecule has 1 fully saturated rings. The molecule has 6 nitrogen and oxygen atoms in total. The number of aromatic nitrogens is 1. The maximum atomic E-state index is 11.3. The van der Waals surface area contributed by atoms with E-state index in [9.17, 15) is 10.1 Å². The standard InChI is InChI=1S/C22H20N4O2S/c27-26(28)19-7-8-20(22-18(19)5-3-9-23-22)25-12-10-24(11-13-25)14-16-15-29-21-6-2-1-4-17(16)21/h1-9,15H,10-14H2. The maximum Gasteiger partial charge on any atom is 0.278 e. The molecule has 0 atom stereocenters. The van der Waals surface area contributed by atoms with Crippen LogP contribution in [-0.4, -0.2) is 41.0 Å². The third-order valence-corrected chi connectivity index (χ3v) is 6.60. The number of hydrogen-bond donors (Lipinski definition) is 0. The van der Waals surface area contributed by atoms with Gasteiger partial charge in [0.05, 0.1) is 16.0 Å². The molecule has 2 aromatic carbocycles. The third kappa shape index (κ3) is 3.32. The van der Waals surface area contributed by atoms with E-state index in [1.807, 2.05) is 6.07 Å². The molecule has 146 valence electrons. The van der Waals surface area contributed by atoms with Crippen molar-refractivity contribution in [3.63, 3.8) is 0 Å². The summed E-state index contributed by atoms with van der Waals surface area (Å²) in [6.45, 7) is 4.62. The molecule has 1 aliphatic heterocycles. The highest BCUT2D eigenvalue weighted by atomic mass is 32.1. The summed E-state index contributed by atoms with van der Waals surface area (Å²) >= 11 is 1.80. The molecular formula is C22H20N4O2S. The second kappa shape index (κ2) is 7.42. The van der Waals surface area contributed by atoms with Gasteiger partial charge in [0.2, 0.25) is 0 Å². The lowest BCUT2D eigenvalue weighted by molar-refractivity contribution is -0.383. The number of benzene rings is 2. The molecule has 0 radical (unpaired) electrons. The summed E-state index contributed by atoms with van der Waals surface area (Å²) in [5, 5.41) is 15.6. The van der Waals surface area contributed by atoms with Crippen molar-refractivity contribution in [2.75, 3.05) is 31.1 Å². The minimum Gasteiger partial charge on any atom is -0.367 e. The second-order valence-corrected chi connectivity index (χ2v) is 8.19. The minimum atomic E-state index is -0.336. The Bertz CT molecular complexity index is 1200. The number of anilines is 1. The van der Waals surface area contributed by atoms with E-state index >= 15 is 0 Å². The molecule has 1 saturated heterocycles. The van der Waals surface area contributed by atoms with E-state index in [2.05, 4.69) is 44.4 Å². The van der Waals surface area contributed by atoms with Crippen LogP contribution >= 0.6 is 11.3 Å². The van der Waals surface area contributed by atoms with Crippen molar-refractivity contribution in [3.8, 4) is 0 Å². The van der Waals surface area contributed by atoms with E-state index in [1.165, 1.54) is 15.6 Å². The van der Waals surface area contributed by atoms with Crippen molar-refractivity contribution >= 4 is 43.7 Å². The van der Waals surface area contributed by atoms with Crippen molar-refractivity contribution in [2.24, 2.45) is 0 Å². The zero-order valence-corrected chi connectivity index (χ0v) is 16.6. The SMILES string of the molecule is O=[N+]([O-])c1ccc(N2CCN(Cc3csc4ccccc34)CC2)c2ncccc12. The Kier molecular flexibility index (Phi) is 4.61. The average molecular weight is 404 g/mol. The van der Waals surface area contributed by atoms with Gasteiger partial charge in [-0.15, -0.1) is 11.3 Å². The lowest BCUT2D eigenvalue weighted by Gasteiger charge is -2.36. The summed E-state index contributed by atoms with van der Waals surface area (Å²) in [5.41, 5.74) is 3.19. The Morgan fingerprint density at radius 3 is 2.62 bits per heavy atom. The molecule has 0 amide bonds. The first-order valence-corrected chi connectivity index (χ1v) is 10.5. The van der Waals surface area contributed by atoms with Crippen LogP contribution in [-0.2, 0) is 6.54 Å². The smallest absolute Gasteiger partial charge is 0.278 e. The third-order valence-electron chi connectivity index (χ3n) is 5.59. The first kappa shape index (κ1) is 18.0. The van der Waals surface area contributed by atoms with Gasteiger partial charge >= 0.3 is 0 Å².